The van der Waals surface area contributed by atoms with Gasteiger partial charge < -0.3 is 10.1 Å². The number of halogens is 1. The lowest BCUT2D eigenvalue weighted by atomic mass is 10.2. The van der Waals surface area contributed by atoms with E-state index < -0.39 is 0 Å². The van der Waals surface area contributed by atoms with Gasteiger partial charge in [-0.15, -0.1) is 11.8 Å². The van der Waals surface area contributed by atoms with E-state index in [1.165, 1.54) is 7.11 Å². The van der Waals surface area contributed by atoms with Gasteiger partial charge in [-0.25, -0.2) is 0 Å². The Balaban J connectivity index is 1.79. The molecule has 1 aliphatic carbocycles. The van der Waals surface area contributed by atoms with Gasteiger partial charge in [0.25, 0.3) is 0 Å². The summed E-state index contributed by atoms with van der Waals surface area (Å²) < 4.78 is 4.83. The molecular formula is C14H18ClNO2S. The third kappa shape index (κ3) is 5.05. The molecule has 2 rings (SSSR count). The minimum absolute atomic E-state index is 0.168. The molecule has 0 radical (unpaired) electrons. The van der Waals surface area contributed by atoms with Gasteiger partial charge in [0, 0.05) is 21.7 Å². The first-order valence-corrected chi connectivity index (χ1v) is 7.77. The number of nitrogens with one attached hydrogen (secondary N) is 1. The molecule has 1 N–H and O–H groups in total. The Morgan fingerprint density at radius 1 is 1.58 bits per heavy atom. The zero-order valence-electron chi connectivity index (χ0n) is 10.9. The molecule has 0 saturated heterocycles. The van der Waals surface area contributed by atoms with Gasteiger partial charge in [0.2, 0.25) is 0 Å². The van der Waals surface area contributed by atoms with Crippen LogP contribution in [0.4, 0.5) is 0 Å². The van der Waals surface area contributed by atoms with E-state index in [0.29, 0.717) is 6.04 Å². The second-order valence-electron chi connectivity index (χ2n) is 4.61. The fraction of sp³-hybridized carbons (Fsp3) is 0.500. The maximum atomic E-state index is 11.7. The van der Waals surface area contributed by atoms with Crippen molar-refractivity contribution in [2.45, 2.75) is 36.2 Å². The average Bonchev–Trinajstić information content (AvgIpc) is 3.21. The summed E-state index contributed by atoms with van der Waals surface area (Å²) in [6, 6.07) is 8.07. The van der Waals surface area contributed by atoms with Crippen molar-refractivity contribution in [1.29, 1.82) is 0 Å². The second-order valence-corrected chi connectivity index (χ2v) is 6.22. The second kappa shape index (κ2) is 7.17. The number of esters is 1. The number of methoxy groups -OCH3 is 1. The number of ether oxygens (including phenoxy) is 1. The van der Waals surface area contributed by atoms with Crippen LogP contribution >= 0.6 is 23.4 Å². The van der Waals surface area contributed by atoms with E-state index in [0.717, 1.165) is 34.9 Å². The Labute approximate surface area is 123 Å². The van der Waals surface area contributed by atoms with Crippen LogP contribution in [0.1, 0.15) is 19.3 Å². The van der Waals surface area contributed by atoms with E-state index in [1.54, 1.807) is 11.8 Å². The monoisotopic (exact) mass is 299 g/mol. The smallest absolute Gasteiger partial charge is 0.322 e. The van der Waals surface area contributed by atoms with E-state index in [9.17, 15) is 4.79 Å². The van der Waals surface area contributed by atoms with Crippen molar-refractivity contribution >= 4 is 29.3 Å². The minimum atomic E-state index is -0.191. The quantitative estimate of drug-likeness (QED) is 0.620. The molecule has 0 bridgehead atoms. The van der Waals surface area contributed by atoms with Crippen LogP contribution in [-0.4, -0.2) is 30.9 Å². The first kappa shape index (κ1) is 14.7. The normalized spacial score (nSPS) is 16.1. The Hall–Kier alpha value is -0.710. The molecule has 1 unspecified atom stereocenters. The Morgan fingerprint density at radius 3 is 3.00 bits per heavy atom. The Kier molecular flexibility index (Phi) is 5.55. The minimum Gasteiger partial charge on any atom is -0.468 e. The number of carbonyl (C=O) groups is 1. The molecule has 0 spiro atoms. The molecule has 1 aromatic carbocycles. The van der Waals surface area contributed by atoms with E-state index in [4.69, 9.17) is 16.3 Å². The van der Waals surface area contributed by atoms with E-state index in [2.05, 4.69) is 5.32 Å². The lowest BCUT2D eigenvalue weighted by Crippen LogP contribution is -2.39. The highest BCUT2D eigenvalue weighted by molar-refractivity contribution is 7.99. The van der Waals surface area contributed by atoms with E-state index >= 15 is 0 Å². The van der Waals surface area contributed by atoms with E-state index in [1.807, 2.05) is 24.3 Å². The van der Waals surface area contributed by atoms with Gasteiger partial charge in [-0.3, -0.25) is 4.79 Å². The van der Waals surface area contributed by atoms with Crippen LogP contribution in [-0.2, 0) is 9.53 Å². The zero-order valence-corrected chi connectivity index (χ0v) is 12.5. The third-order valence-electron chi connectivity index (χ3n) is 2.97. The molecular weight excluding hydrogens is 282 g/mol. The highest BCUT2D eigenvalue weighted by Crippen LogP contribution is 2.24. The number of hydrogen-bond donors (Lipinski definition) is 1. The molecule has 5 heteroatoms. The van der Waals surface area contributed by atoms with Crippen molar-refractivity contribution in [2.75, 3.05) is 12.9 Å². The van der Waals surface area contributed by atoms with Gasteiger partial charge >= 0.3 is 5.97 Å². The molecule has 1 fully saturated rings. The number of benzene rings is 1. The fourth-order valence-corrected chi connectivity index (χ4v) is 3.03. The summed E-state index contributed by atoms with van der Waals surface area (Å²) in [5.41, 5.74) is 0. The van der Waals surface area contributed by atoms with Crippen molar-refractivity contribution in [1.82, 2.24) is 5.32 Å². The highest BCUT2D eigenvalue weighted by atomic mass is 35.5. The van der Waals surface area contributed by atoms with Crippen molar-refractivity contribution < 1.29 is 9.53 Å². The van der Waals surface area contributed by atoms with Crippen LogP contribution < -0.4 is 5.32 Å². The van der Waals surface area contributed by atoms with Crippen molar-refractivity contribution in [3.05, 3.63) is 29.3 Å². The molecule has 104 valence electrons. The number of hydrogen-bond acceptors (Lipinski definition) is 4. The summed E-state index contributed by atoms with van der Waals surface area (Å²) in [6.07, 6.45) is 3.09. The Morgan fingerprint density at radius 2 is 2.37 bits per heavy atom. The van der Waals surface area contributed by atoms with Crippen molar-refractivity contribution in [2.24, 2.45) is 0 Å². The van der Waals surface area contributed by atoms with Gasteiger partial charge in [-0.05, 0) is 37.5 Å². The molecule has 0 amide bonds. The molecule has 0 aromatic heterocycles. The summed E-state index contributed by atoms with van der Waals surface area (Å²) in [4.78, 5) is 12.8. The summed E-state index contributed by atoms with van der Waals surface area (Å²) in [5, 5.41) is 4.07. The largest absolute Gasteiger partial charge is 0.468 e. The lowest BCUT2D eigenvalue weighted by Gasteiger charge is -2.15. The molecule has 1 aromatic rings. The molecule has 0 aliphatic heterocycles. The topological polar surface area (TPSA) is 38.3 Å². The number of rotatable bonds is 7. The van der Waals surface area contributed by atoms with Gasteiger partial charge in [-0.1, -0.05) is 17.7 Å². The number of thioether (sulfide) groups is 1. The first-order valence-electron chi connectivity index (χ1n) is 6.41. The van der Waals surface area contributed by atoms with E-state index in [-0.39, 0.29) is 12.0 Å². The van der Waals surface area contributed by atoms with Crippen LogP contribution in [0, 0.1) is 0 Å². The van der Waals surface area contributed by atoms with Crippen LogP contribution in [0.2, 0.25) is 5.02 Å². The molecule has 1 atom stereocenters. The average molecular weight is 300 g/mol. The maximum Gasteiger partial charge on any atom is 0.322 e. The molecule has 3 nitrogen and oxygen atoms in total. The summed E-state index contributed by atoms with van der Waals surface area (Å²) in [5.74, 6) is 0.693. The van der Waals surface area contributed by atoms with Gasteiger partial charge in [0.05, 0.1) is 7.11 Å². The maximum absolute atomic E-state index is 11.7. The summed E-state index contributed by atoms with van der Waals surface area (Å²) in [6.45, 7) is 0. The van der Waals surface area contributed by atoms with Crippen molar-refractivity contribution in [3.8, 4) is 0 Å². The standard InChI is InChI=1S/C14H18ClNO2S/c1-18-14(17)13(16-11-5-6-11)7-8-19-12-4-2-3-10(15)9-12/h2-4,9,11,13,16H,5-8H2,1H3. The molecule has 1 aliphatic rings. The molecule has 19 heavy (non-hydrogen) atoms. The summed E-state index contributed by atoms with van der Waals surface area (Å²) >= 11 is 7.64. The fourth-order valence-electron chi connectivity index (χ4n) is 1.80. The van der Waals surface area contributed by atoms with Crippen LogP contribution in [0.5, 0.6) is 0 Å². The predicted octanol–water partition coefficient (Wildman–Crippen LogP) is 3.12. The first-order chi connectivity index (χ1) is 9.19. The van der Waals surface area contributed by atoms with Gasteiger partial charge in [-0.2, -0.15) is 0 Å². The number of carbonyl (C=O) groups excluding carboxylic acids is 1. The lowest BCUT2D eigenvalue weighted by molar-refractivity contribution is -0.143. The third-order valence-corrected chi connectivity index (χ3v) is 4.23. The predicted molar refractivity (Wildman–Crippen MR) is 78.8 cm³/mol. The SMILES string of the molecule is COC(=O)C(CCSc1cccc(Cl)c1)NC1CC1. The summed E-state index contributed by atoms with van der Waals surface area (Å²) in [7, 11) is 1.44. The molecule has 1 saturated carbocycles. The zero-order chi connectivity index (χ0) is 13.7. The van der Waals surface area contributed by atoms with Crippen LogP contribution in [0.15, 0.2) is 29.2 Å². The van der Waals surface area contributed by atoms with Crippen LogP contribution in [0.3, 0.4) is 0 Å². The van der Waals surface area contributed by atoms with Crippen molar-refractivity contribution in [3.63, 3.8) is 0 Å². The molecule has 0 heterocycles. The Bertz CT molecular complexity index is 437. The van der Waals surface area contributed by atoms with Gasteiger partial charge in [0.1, 0.15) is 6.04 Å². The van der Waals surface area contributed by atoms with Crippen LogP contribution in [0.25, 0.3) is 0 Å². The van der Waals surface area contributed by atoms with Gasteiger partial charge in [0.15, 0.2) is 0 Å². The highest BCUT2D eigenvalue weighted by Gasteiger charge is 2.28.